The molecule has 8 nitrogen and oxygen atoms in total. The predicted octanol–water partition coefficient (Wildman–Crippen LogP) is 5.03. The Hall–Kier alpha value is -3.87. The van der Waals surface area contributed by atoms with Crippen molar-refractivity contribution in [2.75, 3.05) is 24.1 Å². The molecule has 0 aromatic heterocycles. The average molecular weight is 574 g/mol. The average Bonchev–Trinajstić information content (AvgIpc) is 2.90. The summed E-state index contributed by atoms with van der Waals surface area (Å²) in [5.41, 5.74) is 8.19. The number of nitrogen functional groups attached to an aromatic ring is 1. The molecular weight excluding hydrogens is 543 g/mol. The summed E-state index contributed by atoms with van der Waals surface area (Å²) in [6, 6.07) is 15.9. The van der Waals surface area contributed by atoms with Gasteiger partial charge in [0.1, 0.15) is 6.54 Å². The molecule has 0 saturated carbocycles. The van der Waals surface area contributed by atoms with Crippen LogP contribution in [0.1, 0.15) is 46.5 Å². The van der Waals surface area contributed by atoms with E-state index in [4.69, 9.17) is 10.9 Å². The van der Waals surface area contributed by atoms with E-state index in [1.54, 1.807) is 68.6 Å². The number of hydrogen-bond acceptors (Lipinski definition) is 7. The van der Waals surface area contributed by atoms with Crippen LogP contribution < -0.4 is 21.5 Å². The predicted molar refractivity (Wildman–Crippen MR) is 152 cm³/mol. The molecule has 0 atom stereocenters. The highest BCUT2D eigenvalue weighted by Gasteiger charge is 2.28. The second kappa shape index (κ2) is 13.0. The van der Waals surface area contributed by atoms with Crippen LogP contribution in [-0.2, 0) is 0 Å². The first-order chi connectivity index (χ1) is 18.8. The van der Waals surface area contributed by atoms with Gasteiger partial charge in [-0.25, -0.2) is 0 Å². The highest BCUT2D eigenvalue weighted by molar-refractivity contribution is 7.97. The summed E-state index contributed by atoms with van der Waals surface area (Å²) in [6.45, 7) is 2.28. The Morgan fingerprint density at radius 2 is 1.73 bits per heavy atom. The summed E-state index contributed by atoms with van der Waals surface area (Å²) in [5.74, 6) is -1.28. The molecule has 7 N–H and O–H groups in total. The van der Waals surface area contributed by atoms with E-state index >= 15 is 0 Å². The van der Waals surface area contributed by atoms with Gasteiger partial charge in [0, 0.05) is 51.3 Å². The number of halogens is 3. The van der Waals surface area contributed by atoms with E-state index in [-0.39, 0.29) is 5.56 Å². The lowest BCUT2D eigenvalue weighted by molar-refractivity contribution is -0.123. The Bertz CT molecular complexity index is 1390. The fraction of sp³-hybridized carbons (Fsp3) is 0.250. The van der Waals surface area contributed by atoms with E-state index in [0.717, 1.165) is 11.9 Å². The molecule has 0 radical (unpaired) electrons. The maximum Gasteiger partial charge on any atom is 0.405 e. The van der Waals surface area contributed by atoms with E-state index in [9.17, 15) is 27.9 Å². The number of amides is 2. The monoisotopic (exact) mass is 573 g/mol. The number of aliphatic imine (C=N–C) groups is 1. The molecule has 2 amide bonds. The summed E-state index contributed by atoms with van der Waals surface area (Å²) in [6.07, 6.45) is -2.54. The summed E-state index contributed by atoms with van der Waals surface area (Å²) >= 11 is 1.01. The zero-order valence-electron chi connectivity index (χ0n) is 21.9. The van der Waals surface area contributed by atoms with E-state index in [1.807, 2.05) is 5.32 Å². The van der Waals surface area contributed by atoms with Gasteiger partial charge in [0.05, 0.1) is 5.60 Å². The lowest BCUT2D eigenvalue weighted by Gasteiger charge is -2.16. The van der Waals surface area contributed by atoms with Gasteiger partial charge in [-0.1, -0.05) is 18.2 Å². The Balaban J connectivity index is 1.95. The summed E-state index contributed by atoms with van der Waals surface area (Å²) in [4.78, 5) is 30.3. The lowest BCUT2D eigenvalue weighted by Crippen LogP contribution is -2.33. The molecule has 12 heteroatoms. The molecule has 0 aliphatic carbocycles. The van der Waals surface area contributed by atoms with Gasteiger partial charge >= 0.3 is 6.18 Å². The molecular formula is C28H30F3N5O3S. The number of carbonyl (C=O) groups excluding carboxylic acids is 2. The minimum atomic E-state index is -4.53. The van der Waals surface area contributed by atoms with Gasteiger partial charge in [-0.05, 0) is 80.2 Å². The van der Waals surface area contributed by atoms with Crippen LogP contribution in [0.2, 0.25) is 0 Å². The Morgan fingerprint density at radius 3 is 2.35 bits per heavy atom. The van der Waals surface area contributed by atoms with Gasteiger partial charge in [0.25, 0.3) is 11.8 Å². The van der Waals surface area contributed by atoms with Crippen LogP contribution in [0.4, 0.5) is 24.5 Å². The molecule has 0 aliphatic rings. The molecule has 0 heterocycles. The van der Waals surface area contributed by atoms with Crippen molar-refractivity contribution in [3.05, 3.63) is 77.4 Å². The van der Waals surface area contributed by atoms with Gasteiger partial charge in [0.2, 0.25) is 0 Å². The molecule has 40 heavy (non-hydrogen) atoms. The van der Waals surface area contributed by atoms with Crippen LogP contribution in [0.3, 0.4) is 0 Å². The molecule has 3 aromatic carbocycles. The van der Waals surface area contributed by atoms with Gasteiger partial charge in [0.15, 0.2) is 0 Å². The first-order valence-corrected chi connectivity index (χ1v) is 13.0. The van der Waals surface area contributed by atoms with Gasteiger partial charge < -0.3 is 21.5 Å². The summed E-state index contributed by atoms with van der Waals surface area (Å²) in [5, 5.41) is 20.2. The fourth-order valence-electron chi connectivity index (χ4n) is 3.58. The van der Waals surface area contributed by atoms with Crippen molar-refractivity contribution in [2.45, 2.75) is 36.9 Å². The number of nitrogens with one attached hydrogen (secondary N) is 2. The topological polar surface area (TPSA) is 143 Å². The number of rotatable bonds is 10. The number of aliphatic hydroxyl groups is 1. The number of anilines is 2. The smallest absolute Gasteiger partial charge is 0.398 e. The normalized spacial score (nSPS) is 12.0. The lowest BCUT2D eigenvalue weighted by atomic mass is 9.98. The zero-order chi connectivity index (χ0) is 29.5. The molecule has 0 fully saturated rings. The van der Waals surface area contributed by atoms with Crippen LogP contribution in [0.5, 0.6) is 0 Å². The molecule has 212 valence electrons. The quantitative estimate of drug-likeness (QED) is 0.131. The molecule has 0 aliphatic heterocycles. The molecule has 0 saturated heterocycles. The van der Waals surface area contributed by atoms with E-state index < -0.39 is 30.1 Å². The van der Waals surface area contributed by atoms with Gasteiger partial charge in [-0.2, -0.15) is 13.2 Å². The Labute approximate surface area is 234 Å². The van der Waals surface area contributed by atoms with Crippen LogP contribution in [0, 0.1) is 0 Å². The van der Waals surface area contributed by atoms with Crippen molar-refractivity contribution in [1.29, 1.82) is 0 Å². The third-order valence-electron chi connectivity index (χ3n) is 5.69. The molecule has 3 aromatic rings. The van der Waals surface area contributed by atoms with Crippen LogP contribution >= 0.6 is 11.9 Å². The van der Waals surface area contributed by atoms with Crippen molar-refractivity contribution in [2.24, 2.45) is 10.1 Å². The number of carbonyl (C=O) groups is 2. The Morgan fingerprint density at radius 1 is 1.02 bits per heavy atom. The minimum absolute atomic E-state index is 0.0400. The summed E-state index contributed by atoms with van der Waals surface area (Å²) in [7, 11) is 0. The molecule has 3 rings (SSSR count). The largest absolute Gasteiger partial charge is 0.405 e. The van der Waals surface area contributed by atoms with Crippen molar-refractivity contribution in [3.63, 3.8) is 0 Å². The standard InChI is InChI=1S/C28H30F3N5O3S/c1-27(2,39)10-11-34-15-20-13-24(36-26(38)19-4-3-5-21(12-19)40-33)22(14-23(20)32)17-6-8-18(9-7-17)25(37)35-16-28(29,30)31/h3-9,12-15,39H,10-11,16,32-33H2,1-2H3,(H,35,37)(H,36,38). The highest BCUT2D eigenvalue weighted by atomic mass is 32.2. The van der Waals surface area contributed by atoms with Crippen molar-refractivity contribution < 1.29 is 27.9 Å². The first kappa shape index (κ1) is 30.7. The van der Waals surface area contributed by atoms with Crippen LogP contribution in [-0.4, -0.2) is 48.0 Å². The number of alkyl halides is 3. The summed E-state index contributed by atoms with van der Waals surface area (Å²) < 4.78 is 37.4. The highest BCUT2D eigenvalue weighted by Crippen LogP contribution is 2.33. The number of nitrogens with zero attached hydrogens (tertiary/aromatic N) is 1. The zero-order valence-corrected chi connectivity index (χ0v) is 22.7. The fourth-order valence-corrected chi connectivity index (χ4v) is 3.93. The number of benzene rings is 3. The first-order valence-electron chi connectivity index (χ1n) is 12.1. The number of nitrogens with two attached hydrogens (primary N) is 2. The second-order valence-corrected chi connectivity index (χ2v) is 10.3. The van der Waals surface area contributed by atoms with E-state index in [2.05, 4.69) is 10.3 Å². The molecule has 0 unspecified atom stereocenters. The third kappa shape index (κ3) is 9.11. The molecule has 0 bridgehead atoms. The van der Waals surface area contributed by atoms with Crippen molar-refractivity contribution in [1.82, 2.24) is 5.32 Å². The SMILES string of the molecule is CC(C)(O)CCN=Cc1cc(NC(=O)c2cccc(SN)c2)c(-c2ccc(C(=O)NCC(F)(F)F)cc2)cc1N. The van der Waals surface area contributed by atoms with Crippen molar-refractivity contribution in [3.8, 4) is 11.1 Å². The van der Waals surface area contributed by atoms with Gasteiger partial charge in [-0.15, -0.1) is 0 Å². The maximum atomic E-state index is 13.1. The Kier molecular flexibility index (Phi) is 9.96. The third-order valence-corrected chi connectivity index (χ3v) is 6.22. The maximum absolute atomic E-state index is 13.1. The number of hydrogen-bond donors (Lipinski definition) is 5. The van der Waals surface area contributed by atoms with Gasteiger partial charge in [-0.3, -0.25) is 19.7 Å². The molecule has 0 spiro atoms. The van der Waals surface area contributed by atoms with Crippen LogP contribution in [0.15, 0.2) is 70.6 Å². The van der Waals surface area contributed by atoms with Crippen molar-refractivity contribution >= 4 is 41.4 Å². The van der Waals surface area contributed by atoms with E-state index in [0.29, 0.717) is 51.5 Å². The van der Waals surface area contributed by atoms with E-state index in [1.165, 1.54) is 12.1 Å². The second-order valence-electron chi connectivity index (χ2n) is 9.60. The minimum Gasteiger partial charge on any atom is -0.398 e. The van der Waals surface area contributed by atoms with Crippen LogP contribution in [0.25, 0.3) is 11.1 Å².